The van der Waals surface area contributed by atoms with Crippen molar-refractivity contribution in [1.82, 2.24) is 10.2 Å². The van der Waals surface area contributed by atoms with E-state index in [0.29, 0.717) is 18.6 Å². The molecule has 146 valence electrons. The van der Waals surface area contributed by atoms with E-state index in [2.05, 4.69) is 22.2 Å². The van der Waals surface area contributed by atoms with Crippen LogP contribution in [-0.2, 0) is 9.59 Å². The highest BCUT2D eigenvalue weighted by atomic mass is 16.2. The SMILES string of the molecule is CCCN1CCC(NC(=O)C2=NN(c3cc(C)ccc3C)C(=O)CC2)CC1. The first-order valence-electron chi connectivity index (χ1n) is 9.99. The predicted molar refractivity (Wildman–Crippen MR) is 108 cm³/mol. The van der Waals surface area contributed by atoms with Crippen LogP contribution in [0.1, 0.15) is 50.2 Å². The van der Waals surface area contributed by atoms with Gasteiger partial charge in [-0.1, -0.05) is 19.1 Å². The van der Waals surface area contributed by atoms with Crippen molar-refractivity contribution < 1.29 is 9.59 Å². The van der Waals surface area contributed by atoms with Crippen LogP contribution >= 0.6 is 0 Å². The minimum Gasteiger partial charge on any atom is -0.348 e. The number of hydrazone groups is 1. The van der Waals surface area contributed by atoms with Gasteiger partial charge in [0.2, 0.25) is 5.91 Å². The second-order valence-corrected chi connectivity index (χ2v) is 7.63. The third kappa shape index (κ3) is 4.75. The Morgan fingerprint density at radius 3 is 2.67 bits per heavy atom. The number of hydrogen-bond acceptors (Lipinski definition) is 4. The third-order valence-corrected chi connectivity index (χ3v) is 5.35. The van der Waals surface area contributed by atoms with Gasteiger partial charge in [0.15, 0.2) is 0 Å². The van der Waals surface area contributed by atoms with E-state index in [-0.39, 0.29) is 17.9 Å². The Labute approximate surface area is 161 Å². The highest BCUT2D eigenvalue weighted by Gasteiger charge is 2.28. The van der Waals surface area contributed by atoms with Gasteiger partial charge in [-0.15, -0.1) is 0 Å². The number of nitrogens with one attached hydrogen (secondary N) is 1. The molecule has 1 fully saturated rings. The molecule has 2 amide bonds. The minimum absolute atomic E-state index is 0.0619. The monoisotopic (exact) mass is 370 g/mol. The number of carbonyl (C=O) groups is 2. The fourth-order valence-electron chi connectivity index (χ4n) is 3.74. The molecule has 3 rings (SSSR count). The summed E-state index contributed by atoms with van der Waals surface area (Å²) in [6.07, 6.45) is 3.82. The van der Waals surface area contributed by atoms with Crippen molar-refractivity contribution in [2.45, 2.75) is 58.9 Å². The second-order valence-electron chi connectivity index (χ2n) is 7.63. The number of rotatable bonds is 5. The summed E-state index contributed by atoms with van der Waals surface area (Å²) >= 11 is 0. The van der Waals surface area contributed by atoms with E-state index in [9.17, 15) is 9.59 Å². The number of amides is 2. The Bertz CT molecular complexity index is 736. The van der Waals surface area contributed by atoms with Crippen molar-refractivity contribution in [2.24, 2.45) is 5.10 Å². The molecule has 0 radical (unpaired) electrons. The molecule has 6 nitrogen and oxygen atoms in total. The molecule has 0 saturated carbocycles. The molecule has 0 aromatic heterocycles. The fourth-order valence-corrected chi connectivity index (χ4v) is 3.74. The summed E-state index contributed by atoms with van der Waals surface area (Å²) in [6, 6.07) is 6.13. The summed E-state index contributed by atoms with van der Waals surface area (Å²) in [6.45, 7) is 9.31. The Morgan fingerprint density at radius 2 is 1.96 bits per heavy atom. The first kappa shape index (κ1) is 19.5. The summed E-state index contributed by atoms with van der Waals surface area (Å²) in [5.74, 6) is -0.195. The second kappa shape index (κ2) is 8.65. The first-order valence-corrected chi connectivity index (χ1v) is 9.99. The molecule has 1 N–H and O–H groups in total. The predicted octanol–water partition coefficient (Wildman–Crippen LogP) is 2.78. The number of anilines is 1. The smallest absolute Gasteiger partial charge is 0.267 e. The molecule has 1 aromatic carbocycles. The zero-order chi connectivity index (χ0) is 19.4. The molecule has 27 heavy (non-hydrogen) atoms. The van der Waals surface area contributed by atoms with Gasteiger partial charge in [-0.3, -0.25) is 9.59 Å². The molecule has 6 heteroatoms. The van der Waals surface area contributed by atoms with Crippen molar-refractivity contribution in [3.05, 3.63) is 29.3 Å². The molecule has 2 aliphatic heterocycles. The Morgan fingerprint density at radius 1 is 1.22 bits per heavy atom. The lowest BCUT2D eigenvalue weighted by molar-refractivity contribution is -0.119. The van der Waals surface area contributed by atoms with Gasteiger partial charge >= 0.3 is 0 Å². The molecule has 0 atom stereocenters. The Balaban J connectivity index is 1.68. The maximum absolute atomic E-state index is 12.7. The molecular formula is C21H30N4O2. The van der Waals surface area contributed by atoms with Gasteiger partial charge in [-0.05, 0) is 56.8 Å². The zero-order valence-corrected chi connectivity index (χ0v) is 16.6. The molecule has 1 aromatic rings. The number of nitrogens with zero attached hydrogens (tertiary/aromatic N) is 3. The lowest BCUT2D eigenvalue weighted by Crippen LogP contribution is -2.48. The van der Waals surface area contributed by atoms with Gasteiger partial charge in [0.1, 0.15) is 5.71 Å². The van der Waals surface area contributed by atoms with E-state index in [4.69, 9.17) is 0 Å². The van der Waals surface area contributed by atoms with Crippen LogP contribution in [0, 0.1) is 13.8 Å². The molecule has 0 bridgehead atoms. The number of hydrogen-bond donors (Lipinski definition) is 1. The third-order valence-electron chi connectivity index (χ3n) is 5.35. The van der Waals surface area contributed by atoms with Gasteiger partial charge < -0.3 is 10.2 Å². The lowest BCUT2D eigenvalue weighted by Gasteiger charge is -2.32. The standard InChI is InChI=1S/C21H30N4O2/c1-4-11-24-12-9-17(10-13-24)22-21(27)18-7-8-20(26)25(23-18)19-14-15(2)5-6-16(19)3/h5-6,14,17H,4,7-13H2,1-3H3,(H,22,27). The van der Waals surface area contributed by atoms with Crippen molar-refractivity contribution in [3.63, 3.8) is 0 Å². The van der Waals surface area contributed by atoms with E-state index in [0.717, 1.165) is 55.7 Å². The van der Waals surface area contributed by atoms with E-state index < -0.39 is 0 Å². The molecule has 2 aliphatic rings. The summed E-state index contributed by atoms with van der Waals surface area (Å²) < 4.78 is 0. The summed E-state index contributed by atoms with van der Waals surface area (Å²) in [4.78, 5) is 27.6. The fraction of sp³-hybridized carbons (Fsp3) is 0.571. The maximum Gasteiger partial charge on any atom is 0.267 e. The number of piperidine rings is 1. The number of benzene rings is 1. The average Bonchev–Trinajstić information content (AvgIpc) is 2.66. The summed E-state index contributed by atoms with van der Waals surface area (Å²) in [7, 11) is 0. The highest BCUT2D eigenvalue weighted by molar-refractivity contribution is 6.40. The van der Waals surface area contributed by atoms with Crippen LogP contribution in [0.15, 0.2) is 23.3 Å². The molecular weight excluding hydrogens is 340 g/mol. The van der Waals surface area contributed by atoms with E-state index in [1.165, 1.54) is 5.01 Å². The highest BCUT2D eigenvalue weighted by Crippen LogP contribution is 2.25. The van der Waals surface area contributed by atoms with Gasteiger partial charge in [0.25, 0.3) is 5.91 Å². The molecule has 2 heterocycles. The van der Waals surface area contributed by atoms with Gasteiger partial charge in [0.05, 0.1) is 5.69 Å². The summed E-state index contributed by atoms with van der Waals surface area (Å²) in [5, 5.41) is 8.96. The van der Waals surface area contributed by atoms with Crippen LogP contribution in [0.25, 0.3) is 0 Å². The maximum atomic E-state index is 12.7. The normalized spacial score (nSPS) is 19.1. The minimum atomic E-state index is -0.133. The molecule has 0 unspecified atom stereocenters. The van der Waals surface area contributed by atoms with Gasteiger partial charge in [-0.2, -0.15) is 5.10 Å². The van der Waals surface area contributed by atoms with E-state index in [1.54, 1.807) is 0 Å². The first-order chi connectivity index (χ1) is 13.0. The summed E-state index contributed by atoms with van der Waals surface area (Å²) in [5.41, 5.74) is 3.25. The zero-order valence-electron chi connectivity index (χ0n) is 16.6. The van der Waals surface area contributed by atoms with Gasteiger partial charge in [-0.25, -0.2) is 5.01 Å². The van der Waals surface area contributed by atoms with Crippen molar-refractivity contribution in [3.8, 4) is 0 Å². The topological polar surface area (TPSA) is 65.0 Å². The molecule has 1 saturated heterocycles. The van der Waals surface area contributed by atoms with Crippen LogP contribution in [0.2, 0.25) is 0 Å². The van der Waals surface area contributed by atoms with Crippen LogP contribution in [0.3, 0.4) is 0 Å². The van der Waals surface area contributed by atoms with Crippen LogP contribution in [0.4, 0.5) is 5.69 Å². The van der Waals surface area contributed by atoms with Crippen LogP contribution < -0.4 is 10.3 Å². The number of aryl methyl sites for hydroxylation is 2. The van der Waals surface area contributed by atoms with E-state index in [1.807, 2.05) is 32.0 Å². The molecule has 0 aliphatic carbocycles. The van der Waals surface area contributed by atoms with Crippen LogP contribution in [0.5, 0.6) is 0 Å². The van der Waals surface area contributed by atoms with Crippen LogP contribution in [-0.4, -0.2) is 48.1 Å². The Hall–Kier alpha value is -2.21. The van der Waals surface area contributed by atoms with Crippen molar-refractivity contribution in [1.29, 1.82) is 0 Å². The quantitative estimate of drug-likeness (QED) is 0.867. The van der Waals surface area contributed by atoms with Gasteiger partial charge in [0, 0.05) is 32.0 Å². The number of carbonyl (C=O) groups excluding carboxylic acids is 2. The van der Waals surface area contributed by atoms with E-state index >= 15 is 0 Å². The lowest BCUT2D eigenvalue weighted by atomic mass is 10.0. The molecule has 0 spiro atoms. The average molecular weight is 370 g/mol. The Kier molecular flexibility index (Phi) is 6.26. The number of likely N-dealkylation sites (tertiary alicyclic amines) is 1. The van der Waals surface area contributed by atoms with Crippen molar-refractivity contribution in [2.75, 3.05) is 24.6 Å². The van der Waals surface area contributed by atoms with Crippen molar-refractivity contribution >= 4 is 23.2 Å². The largest absolute Gasteiger partial charge is 0.348 e.